The van der Waals surface area contributed by atoms with Crippen molar-refractivity contribution in [3.05, 3.63) is 115 Å². The van der Waals surface area contributed by atoms with Gasteiger partial charge in [0, 0.05) is 11.3 Å². The van der Waals surface area contributed by atoms with Crippen LogP contribution in [0.3, 0.4) is 0 Å². The molecule has 0 spiro atoms. The number of rotatable bonds is 6. The number of aromatic nitrogens is 2. The summed E-state index contributed by atoms with van der Waals surface area (Å²) in [6.07, 6.45) is 1.98. The van der Waals surface area contributed by atoms with Crippen LogP contribution in [0.4, 0.5) is 4.79 Å². The number of carbonyl (C=O) groups is 2. The van der Waals surface area contributed by atoms with Gasteiger partial charge in [-0.25, -0.2) is 9.48 Å². The molecule has 34 heavy (non-hydrogen) atoms. The van der Waals surface area contributed by atoms with Gasteiger partial charge in [-0.3, -0.25) is 19.6 Å². The number of thiophene rings is 1. The third kappa shape index (κ3) is 4.23. The lowest BCUT2D eigenvalue weighted by atomic mass is 10.1. The average molecular weight is 471 g/mol. The number of nitrogens with zero attached hydrogens (tertiary/aromatic N) is 2. The molecule has 0 bridgehead atoms. The Bertz CT molecular complexity index is 1430. The Kier molecular flexibility index (Phi) is 5.73. The van der Waals surface area contributed by atoms with E-state index in [1.165, 1.54) is 10.8 Å². The molecular formula is C26H22N4O3S. The minimum absolute atomic E-state index is 0.0841. The van der Waals surface area contributed by atoms with Gasteiger partial charge >= 0.3 is 6.03 Å². The first-order valence-corrected chi connectivity index (χ1v) is 11.7. The van der Waals surface area contributed by atoms with E-state index < -0.39 is 11.9 Å². The highest BCUT2D eigenvalue weighted by atomic mass is 32.1. The second kappa shape index (κ2) is 8.99. The van der Waals surface area contributed by atoms with Crippen molar-refractivity contribution >= 4 is 29.4 Å². The van der Waals surface area contributed by atoms with E-state index in [9.17, 15) is 14.4 Å². The summed E-state index contributed by atoms with van der Waals surface area (Å²) >= 11 is 1.59. The number of imide groups is 1. The summed E-state index contributed by atoms with van der Waals surface area (Å²) in [5, 5.41) is 7.80. The molecule has 0 unspecified atom stereocenters. The average Bonchev–Trinajstić information content (AvgIpc) is 3.53. The highest BCUT2D eigenvalue weighted by molar-refractivity contribution is 7.09. The largest absolute Gasteiger partial charge is 0.329 e. The maximum Gasteiger partial charge on any atom is 0.329 e. The molecule has 7 nitrogen and oxygen atoms in total. The van der Waals surface area contributed by atoms with Crippen molar-refractivity contribution in [2.75, 3.05) is 0 Å². The molecule has 0 radical (unpaired) electrons. The number of H-pyrrole nitrogens is 1. The topological polar surface area (TPSA) is 87.2 Å². The van der Waals surface area contributed by atoms with Crippen LogP contribution in [0.15, 0.2) is 82.6 Å². The van der Waals surface area contributed by atoms with Gasteiger partial charge in [-0.05, 0) is 42.1 Å². The summed E-state index contributed by atoms with van der Waals surface area (Å²) in [5.41, 5.74) is 3.45. The van der Waals surface area contributed by atoms with Gasteiger partial charge in [0.25, 0.3) is 11.5 Å². The second-order valence-electron chi connectivity index (χ2n) is 8.10. The first-order chi connectivity index (χ1) is 16.5. The van der Waals surface area contributed by atoms with E-state index in [4.69, 9.17) is 0 Å². The van der Waals surface area contributed by atoms with Crippen molar-refractivity contribution < 1.29 is 9.59 Å². The van der Waals surface area contributed by atoms with E-state index in [2.05, 4.69) is 10.4 Å². The van der Waals surface area contributed by atoms with Crippen LogP contribution < -0.4 is 10.9 Å². The summed E-state index contributed by atoms with van der Waals surface area (Å²) in [6.45, 7) is 2.14. The molecule has 8 heteroatoms. The maximum absolute atomic E-state index is 13.4. The highest BCUT2D eigenvalue weighted by Crippen LogP contribution is 2.21. The van der Waals surface area contributed by atoms with Gasteiger partial charge in [-0.2, -0.15) is 0 Å². The molecule has 1 aliphatic heterocycles. The fourth-order valence-electron chi connectivity index (χ4n) is 3.86. The number of amides is 3. The molecule has 1 fully saturated rings. The van der Waals surface area contributed by atoms with Gasteiger partial charge in [-0.15, -0.1) is 11.3 Å². The second-order valence-corrected chi connectivity index (χ2v) is 9.13. The van der Waals surface area contributed by atoms with Gasteiger partial charge in [0.2, 0.25) is 0 Å². The monoisotopic (exact) mass is 470 g/mol. The van der Waals surface area contributed by atoms with Crippen LogP contribution in [-0.4, -0.2) is 26.6 Å². The Morgan fingerprint density at radius 1 is 0.941 bits per heavy atom. The minimum atomic E-state index is -0.504. The first-order valence-electron chi connectivity index (χ1n) is 10.8. The number of aromatic amines is 1. The minimum Gasteiger partial charge on any atom is -0.303 e. The fraction of sp³-hybridized carbons (Fsp3) is 0.115. The lowest BCUT2D eigenvalue weighted by Crippen LogP contribution is -2.30. The Balaban J connectivity index is 1.51. The van der Waals surface area contributed by atoms with Crippen LogP contribution in [0.25, 0.3) is 11.8 Å². The quantitative estimate of drug-likeness (QED) is 0.327. The molecule has 2 aromatic heterocycles. The van der Waals surface area contributed by atoms with Crippen molar-refractivity contribution in [3.63, 3.8) is 0 Å². The van der Waals surface area contributed by atoms with E-state index in [1.807, 2.05) is 79.0 Å². The lowest BCUT2D eigenvalue weighted by molar-refractivity contribution is -0.123. The SMILES string of the molecule is Cc1ccc(CN2C(=O)NC(=Cc3c(Cc4cccs4)[nH]n(-c4ccccc4)c3=O)C2=O)cc1. The Labute approximate surface area is 200 Å². The van der Waals surface area contributed by atoms with Gasteiger partial charge in [-0.1, -0.05) is 54.1 Å². The van der Waals surface area contributed by atoms with Gasteiger partial charge in [0.1, 0.15) is 5.70 Å². The zero-order valence-corrected chi connectivity index (χ0v) is 19.3. The van der Waals surface area contributed by atoms with Crippen LogP contribution in [0.2, 0.25) is 0 Å². The predicted octanol–water partition coefficient (Wildman–Crippen LogP) is 4.22. The number of para-hydroxylation sites is 1. The van der Waals surface area contributed by atoms with Gasteiger partial charge < -0.3 is 5.32 Å². The molecule has 4 aromatic rings. The van der Waals surface area contributed by atoms with Crippen molar-refractivity contribution in [2.24, 2.45) is 0 Å². The van der Waals surface area contributed by atoms with E-state index in [0.29, 0.717) is 23.4 Å². The number of urea groups is 1. The first kappa shape index (κ1) is 21.7. The van der Waals surface area contributed by atoms with E-state index in [0.717, 1.165) is 20.9 Å². The number of nitrogens with one attached hydrogen (secondary N) is 2. The Hall–Kier alpha value is -4.17. The van der Waals surface area contributed by atoms with Crippen molar-refractivity contribution in [2.45, 2.75) is 19.9 Å². The molecule has 170 valence electrons. The lowest BCUT2D eigenvalue weighted by Gasteiger charge is -2.11. The molecular weight excluding hydrogens is 448 g/mol. The van der Waals surface area contributed by atoms with Crippen molar-refractivity contribution in [1.29, 1.82) is 0 Å². The fourth-order valence-corrected chi connectivity index (χ4v) is 4.58. The van der Waals surface area contributed by atoms with E-state index in [1.54, 1.807) is 11.3 Å². The number of aryl methyl sites for hydroxylation is 1. The number of hydrogen-bond acceptors (Lipinski definition) is 4. The molecule has 3 amide bonds. The van der Waals surface area contributed by atoms with Crippen LogP contribution in [0.5, 0.6) is 0 Å². The summed E-state index contributed by atoms with van der Waals surface area (Å²) in [5.74, 6) is -0.459. The smallest absolute Gasteiger partial charge is 0.303 e. The molecule has 0 saturated carbocycles. The standard InChI is InChI=1S/C26H22N4O3S/c1-17-9-11-18(12-10-17)16-29-25(32)23(27-26(29)33)15-21-22(14-20-8-5-13-34-20)28-30(24(21)31)19-6-3-2-4-7-19/h2-13,15,28H,14,16H2,1H3,(H,27,33). The summed E-state index contributed by atoms with van der Waals surface area (Å²) in [6, 6.07) is 20.3. The number of hydrogen-bond donors (Lipinski definition) is 2. The van der Waals surface area contributed by atoms with Crippen molar-refractivity contribution in [3.8, 4) is 5.69 Å². The summed E-state index contributed by atoms with van der Waals surface area (Å²) < 4.78 is 1.46. The molecule has 3 heterocycles. The van der Waals surface area contributed by atoms with Crippen LogP contribution in [-0.2, 0) is 17.8 Å². The molecule has 1 saturated heterocycles. The molecule has 0 atom stereocenters. The van der Waals surface area contributed by atoms with Crippen LogP contribution >= 0.6 is 11.3 Å². The van der Waals surface area contributed by atoms with E-state index >= 15 is 0 Å². The molecule has 2 N–H and O–H groups in total. The van der Waals surface area contributed by atoms with E-state index in [-0.39, 0.29) is 17.8 Å². The molecule has 1 aliphatic rings. The maximum atomic E-state index is 13.4. The highest BCUT2D eigenvalue weighted by Gasteiger charge is 2.34. The zero-order chi connectivity index (χ0) is 23.7. The van der Waals surface area contributed by atoms with Crippen molar-refractivity contribution in [1.82, 2.24) is 20.0 Å². The molecule has 2 aromatic carbocycles. The third-order valence-corrected chi connectivity index (χ3v) is 6.54. The van der Waals surface area contributed by atoms with Crippen LogP contribution in [0.1, 0.15) is 27.3 Å². The van der Waals surface area contributed by atoms with Gasteiger partial charge in [0.15, 0.2) is 0 Å². The third-order valence-electron chi connectivity index (χ3n) is 5.66. The number of carbonyl (C=O) groups excluding carboxylic acids is 2. The van der Waals surface area contributed by atoms with Gasteiger partial charge in [0.05, 0.1) is 23.5 Å². The zero-order valence-electron chi connectivity index (χ0n) is 18.4. The predicted molar refractivity (Wildman–Crippen MR) is 132 cm³/mol. The summed E-state index contributed by atoms with van der Waals surface area (Å²) in [4.78, 5) is 41.2. The molecule has 5 rings (SSSR count). The normalized spacial score (nSPS) is 14.7. The summed E-state index contributed by atoms with van der Waals surface area (Å²) in [7, 11) is 0. The Morgan fingerprint density at radius 2 is 1.71 bits per heavy atom. The number of benzene rings is 2. The van der Waals surface area contributed by atoms with Crippen LogP contribution in [0, 0.1) is 6.92 Å². The Morgan fingerprint density at radius 3 is 2.41 bits per heavy atom. The molecule has 0 aliphatic carbocycles.